The Labute approximate surface area is 128 Å². The average molecular weight is 306 g/mol. The van der Waals surface area contributed by atoms with Gasteiger partial charge in [0.2, 0.25) is 11.8 Å². The van der Waals surface area contributed by atoms with E-state index in [9.17, 15) is 9.59 Å². The van der Waals surface area contributed by atoms with E-state index in [2.05, 4.69) is 5.32 Å². The van der Waals surface area contributed by atoms with Crippen LogP contribution in [-0.2, 0) is 9.59 Å². The van der Waals surface area contributed by atoms with Gasteiger partial charge in [0.25, 0.3) is 0 Å². The van der Waals surface area contributed by atoms with E-state index in [-0.39, 0.29) is 30.1 Å². The van der Waals surface area contributed by atoms with Crippen molar-refractivity contribution in [3.63, 3.8) is 0 Å². The maximum Gasteiger partial charge on any atom is 0.224 e. The van der Waals surface area contributed by atoms with E-state index in [1.54, 1.807) is 7.05 Å². The summed E-state index contributed by atoms with van der Waals surface area (Å²) in [6.07, 6.45) is 6.55. The van der Waals surface area contributed by atoms with Crippen molar-refractivity contribution in [2.75, 3.05) is 26.7 Å². The minimum absolute atomic E-state index is 0. The monoisotopic (exact) mass is 305 g/mol. The number of hydrogen-bond donors (Lipinski definition) is 2. The molecule has 0 aromatic carbocycles. The number of nitrogens with zero attached hydrogens (tertiary/aromatic N) is 1. The second kappa shape index (κ2) is 10.9. The second-order valence-corrected chi connectivity index (χ2v) is 5.25. The predicted molar refractivity (Wildman–Crippen MR) is 82.8 cm³/mol. The molecular weight excluding hydrogens is 278 g/mol. The Balaban J connectivity index is 0.00000361. The Morgan fingerprint density at radius 2 is 1.95 bits per heavy atom. The van der Waals surface area contributed by atoms with E-state index in [4.69, 9.17) is 5.73 Å². The second-order valence-electron chi connectivity index (χ2n) is 5.25. The summed E-state index contributed by atoms with van der Waals surface area (Å²) in [6.45, 7) is 2.12. The van der Waals surface area contributed by atoms with Crippen LogP contribution in [0.2, 0.25) is 0 Å². The maximum absolute atomic E-state index is 12.1. The van der Waals surface area contributed by atoms with Gasteiger partial charge in [-0.3, -0.25) is 9.59 Å². The van der Waals surface area contributed by atoms with Crippen molar-refractivity contribution in [1.82, 2.24) is 10.2 Å². The third-order valence-electron chi connectivity index (χ3n) is 3.74. The van der Waals surface area contributed by atoms with E-state index < -0.39 is 0 Å². The summed E-state index contributed by atoms with van der Waals surface area (Å²) in [7, 11) is 1.65. The molecule has 0 spiro atoms. The summed E-state index contributed by atoms with van der Waals surface area (Å²) in [5.41, 5.74) is 5.43. The standard InChI is InChI=1S/C14H27N3O2.ClH/c1-16-14(19)12-7-6-10-17(11-12)13(18)8-4-2-3-5-9-15;/h12H,2-11,15H2,1H3,(H,16,19);1H. The molecular formula is C14H28ClN3O2. The fourth-order valence-corrected chi connectivity index (χ4v) is 2.55. The topological polar surface area (TPSA) is 75.4 Å². The number of rotatable bonds is 7. The van der Waals surface area contributed by atoms with Gasteiger partial charge in [0.15, 0.2) is 0 Å². The molecule has 0 aliphatic carbocycles. The lowest BCUT2D eigenvalue weighted by molar-refractivity contribution is -0.135. The molecule has 118 valence electrons. The number of nitrogens with two attached hydrogens (primary N) is 1. The van der Waals surface area contributed by atoms with Gasteiger partial charge in [0.1, 0.15) is 0 Å². The van der Waals surface area contributed by atoms with Crippen LogP contribution in [0.25, 0.3) is 0 Å². The van der Waals surface area contributed by atoms with E-state index >= 15 is 0 Å². The lowest BCUT2D eigenvalue weighted by atomic mass is 9.96. The molecule has 20 heavy (non-hydrogen) atoms. The first-order valence-electron chi connectivity index (χ1n) is 7.38. The summed E-state index contributed by atoms with van der Waals surface area (Å²) in [5.74, 6) is 0.224. The molecule has 0 saturated carbocycles. The van der Waals surface area contributed by atoms with E-state index in [0.717, 1.165) is 51.6 Å². The number of nitrogens with one attached hydrogen (secondary N) is 1. The van der Waals surface area contributed by atoms with Gasteiger partial charge in [0.05, 0.1) is 5.92 Å². The number of carbonyl (C=O) groups is 2. The summed E-state index contributed by atoms with van der Waals surface area (Å²) in [5, 5.41) is 2.67. The highest BCUT2D eigenvalue weighted by Gasteiger charge is 2.27. The number of amides is 2. The number of unbranched alkanes of at least 4 members (excludes halogenated alkanes) is 3. The summed E-state index contributed by atoms with van der Waals surface area (Å²) >= 11 is 0. The summed E-state index contributed by atoms with van der Waals surface area (Å²) < 4.78 is 0. The van der Waals surface area contributed by atoms with Crippen LogP contribution < -0.4 is 11.1 Å². The van der Waals surface area contributed by atoms with Gasteiger partial charge in [-0.2, -0.15) is 0 Å². The lowest BCUT2D eigenvalue weighted by Crippen LogP contribution is -2.44. The van der Waals surface area contributed by atoms with Gasteiger partial charge < -0.3 is 16.0 Å². The lowest BCUT2D eigenvalue weighted by Gasteiger charge is -2.31. The van der Waals surface area contributed by atoms with Crippen LogP contribution in [0, 0.1) is 5.92 Å². The highest BCUT2D eigenvalue weighted by Crippen LogP contribution is 2.18. The first-order chi connectivity index (χ1) is 9.19. The number of carbonyl (C=O) groups excluding carboxylic acids is 2. The van der Waals surface area contributed by atoms with Crippen LogP contribution in [0.5, 0.6) is 0 Å². The largest absolute Gasteiger partial charge is 0.359 e. The number of likely N-dealkylation sites (tertiary alicyclic amines) is 1. The fraction of sp³-hybridized carbons (Fsp3) is 0.857. The van der Waals surface area contributed by atoms with Crippen LogP contribution in [0.1, 0.15) is 44.9 Å². The van der Waals surface area contributed by atoms with Crippen molar-refractivity contribution in [2.45, 2.75) is 44.9 Å². The molecule has 1 aliphatic heterocycles. The van der Waals surface area contributed by atoms with Gasteiger partial charge in [-0.05, 0) is 32.2 Å². The zero-order chi connectivity index (χ0) is 14.1. The third kappa shape index (κ3) is 6.57. The van der Waals surface area contributed by atoms with Crippen LogP contribution in [-0.4, -0.2) is 43.4 Å². The van der Waals surface area contributed by atoms with Crippen molar-refractivity contribution in [2.24, 2.45) is 11.7 Å². The zero-order valence-electron chi connectivity index (χ0n) is 12.4. The first kappa shape index (κ1) is 19.2. The summed E-state index contributed by atoms with van der Waals surface area (Å²) in [4.78, 5) is 25.5. The molecule has 1 rings (SSSR count). The molecule has 3 N–H and O–H groups in total. The van der Waals surface area contributed by atoms with Crippen molar-refractivity contribution < 1.29 is 9.59 Å². The Hall–Kier alpha value is -0.810. The smallest absolute Gasteiger partial charge is 0.224 e. The molecule has 0 aromatic rings. The van der Waals surface area contributed by atoms with Crippen LogP contribution in [0.3, 0.4) is 0 Å². The molecule has 1 aliphatic rings. The number of halogens is 1. The predicted octanol–water partition coefficient (Wildman–Crippen LogP) is 1.30. The van der Waals surface area contributed by atoms with Gasteiger partial charge >= 0.3 is 0 Å². The molecule has 1 saturated heterocycles. The highest BCUT2D eigenvalue weighted by molar-refractivity contribution is 5.85. The number of piperidine rings is 1. The van der Waals surface area contributed by atoms with Gasteiger partial charge in [-0.1, -0.05) is 12.8 Å². The van der Waals surface area contributed by atoms with E-state index in [0.29, 0.717) is 13.0 Å². The zero-order valence-corrected chi connectivity index (χ0v) is 13.2. The number of hydrogen-bond acceptors (Lipinski definition) is 3. The summed E-state index contributed by atoms with van der Waals surface area (Å²) in [6, 6.07) is 0. The molecule has 5 nitrogen and oxygen atoms in total. The van der Waals surface area contributed by atoms with Crippen molar-refractivity contribution in [1.29, 1.82) is 0 Å². The van der Waals surface area contributed by atoms with E-state index in [1.807, 2.05) is 4.90 Å². The minimum atomic E-state index is -0.0278. The SMILES string of the molecule is CNC(=O)C1CCCN(C(=O)CCCCCCN)C1.Cl. The van der Waals surface area contributed by atoms with Crippen LogP contribution in [0.15, 0.2) is 0 Å². The highest BCUT2D eigenvalue weighted by atomic mass is 35.5. The molecule has 1 heterocycles. The fourth-order valence-electron chi connectivity index (χ4n) is 2.55. The molecule has 1 unspecified atom stereocenters. The minimum Gasteiger partial charge on any atom is -0.359 e. The average Bonchev–Trinajstić information content (AvgIpc) is 2.46. The quantitative estimate of drug-likeness (QED) is 0.696. The van der Waals surface area contributed by atoms with Crippen molar-refractivity contribution in [3.8, 4) is 0 Å². The molecule has 0 radical (unpaired) electrons. The Bertz CT molecular complexity index is 300. The molecule has 6 heteroatoms. The van der Waals surface area contributed by atoms with Gasteiger partial charge in [-0.25, -0.2) is 0 Å². The molecule has 0 bridgehead atoms. The third-order valence-corrected chi connectivity index (χ3v) is 3.74. The normalized spacial score (nSPS) is 18.3. The Morgan fingerprint density at radius 1 is 1.25 bits per heavy atom. The van der Waals surface area contributed by atoms with Crippen LogP contribution in [0.4, 0.5) is 0 Å². The van der Waals surface area contributed by atoms with E-state index in [1.165, 1.54) is 0 Å². The Morgan fingerprint density at radius 3 is 2.60 bits per heavy atom. The van der Waals surface area contributed by atoms with Crippen LogP contribution >= 0.6 is 12.4 Å². The maximum atomic E-state index is 12.1. The molecule has 2 amide bonds. The van der Waals surface area contributed by atoms with Crippen molar-refractivity contribution in [3.05, 3.63) is 0 Å². The van der Waals surface area contributed by atoms with Gasteiger partial charge in [0, 0.05) is 26.6 Å². The molecule has 1 fully saturated rings. The van der Waals surface area contributed by atoms with Gasteiger partial charge in [-0.15, -0.1) is 12.4 Å². The Kier molecular flexibility index (Phi) is 10.5. The van der Waals surface area contributed by atoms with Crippen molar-refractivity contribution >= 4 is 24.2 Å². The molecule has 0 aromatic heterocycles. The molecule has 1 atom stereocenters. The first-order valence-corrected chi connectivity index (χ1v) is 7.38.